The van der Waals surface area contributed by atoms with Gasteiger partial charge >= 0.3 is 0 Å². The Kier molecular flexibility index (Phi) is 5.40. The molecule has 0 bridgehead atoms. The summed E-state index contributed by atoms with van der Waals surface area (Å²) in [7, 11) is 3.29. The number of hydrogen-bond acceptors (Lipinski definition) is 3. The number of hydrogen-bond donors (Lipinski definition) is 0. The van der Waals surface area contributed by atoms with Crippen LogP contribution in [-0.2, 0) is 0 Å². The van der Waals surface area contributed by atoms with Crippen LogP contribution >= 0.6 is 0 Å². The maximum absolute atomic E-state index is 13.0. The number of benzene rings is 3. The lowest BCUT2D eigenvalue weighted by atomic mass is 10.0. The molecular weight excluding hydrogens is 374 g/mol. The molecule has 0 saturated heterocycles. The SMILES string of the molecule is COc1cccc(-c2c(C)c(=O)cc(-c3ccccc3)n2-c2cccc(OC)c2)c1. The van der Waals surface area contributed by atoms with Gasteiger partial charge in [0.25, 0.3) is 0 Å². The van der Waals surface area contributed by atoms with Crippen LogP contribution in [0.5, 0.6) is 11.5 Å². The Balaban J connectivity index is 2.12. The van der Waals surface area contributed by atoms with Gasteiger partial charge < -0.3 is 14.0 Å². The number of aromatic nitrogens is 1. The molecule has 0 atom stereocenters. The van der Waals surface area contributed by atoms with Crippen molar-refractivity contribution < 1.29 is 9.47 Å². The number of pyridine rings is 1. The molecule has 30 heavy (non-hydrogen) atoms. The Morgan fingerprint density at radius 3 is 2.03 bits per heavy atom. The lowest BCUT2D eigenvalue weighted by Crippen LogP contribution is -2.15. The van der Waals surface area contributed by atoms with Gasteiger partial charge in [-0.25, -0.2) is 0 Å². The van der Waals surface area contributed by atoms with Gasteiger partial charge in [-0.3, -0.25) is 4.79 Å². The van der Waals surface area contributed by atoms with Crippen molar-refractivity contribution in [1.82, 2.24) is 4.57 Å². The second-order valence-electron chi connectivity index (χ2n) is 7.00. The van der Waals surface area contributed by atoms with E-state index in [4.69, 9.17) is 9.47 Å². The van der Waals surface area contributed by atoms with Crippen LogP contribution in [-0.4, -0.2) is 18.8 Å². The second kappa shape index (κ2) is 8.29. The first-order valence-corrected chi connectivity index (χ1v) is 9.73. The third kappa shape index (κ3) is 3.60. The molecule has 0 unspecified atom stereocenters. The lowest BCUT2D eigenvalue weighted by molar-refractivity contribution is 0.414. The van der Waals surface area contributed by atoms with E-state index < -0.39 is 0 Å². The molecule has 1 heterocycles. The predicted molar refractivity (Wildman–Crippen MR) is 121 cm³/mol. The molecule has 0 aliphatic rings. The highest BCUT2D eigenvalue weighted by atomic mass is 16.5. The fourth-order valence-corrected chi connectivity index (χ4v) is 3.66. The van der Waals surface area contributed by atoms with E-state index in [9.17, 15) is 4.79 Å². The van der Waals surface area contributed by atoms with Crippen LogP contribution in [0.25, 0.3) is 28.2 Å². The molecule has 0 aliphatic carbocycles. The van der Waals surface area contributed by atoms with E-state index in [1.54, 1.807) is 20.3 Å². The molecule has 4 aromatic rings. The van der Waals surface area contributed by atoms with E-state index in [1.807, 2.05) is 85.8 Å². The third-order valence-electron chi connectivity index (χ3n) is 5.18. The quantitative estimate of drug-likeness (QED) is 0.447. The van der Waals surface area contributed by atoms with Gasteiger partial charge in [0.05, 0.1) is 25.6 Å². The molecule has 4 heteroatoms. The van der Waals surface area contributed by atoms with Gasteiger partial charge in [0, 0.05) is 28.9 Å². The molecule has 0 amide bonds. The third-order valence-corrected chi connectivity index (χ3v) is 5.18. The minimum absolute atomic E-state index is 0.00850. The number of nitrogens with zero attached hydrogens (tertiary/aromatic N) is 1. The Bertz CT molecular complexity index is 1240. The molecule has 3 aromatic carbocycles. The maximum Gasteiger partial charge on any atom is 0.185 e. The van der Waals surface area contributed by atoms with Crippen LogP contribution in [0.3, 0.4) is 0 Å². The molecule has 4 nitrogen and oxygen atoms in total. The van der Waals surface area contributed by atoms with E-state index >= 15 is 0 Å². The van der Waals surface area contributed by atoms with Crippen molar-refractivity contribution in [3.63, 3.8) is 0 Å². The van der Waals surface area contributed by atoms with E-state index in [2.05, 4.69) is 4.57 Å². The van der Waals surface area contributed by atoms with E-state index in [0.29, 0.717) is 5.56 Å². The average Bonchev–Trinajstić information content (AvgIpc) is 2.81. The minimum Gasteiger partial charge on any atom is -0.497 e. The fraction of sp³-hybridized carbons (Fsp3) is 0.115. The second-order valence-corrected chi connectivity index (χ2v) is 7.00. The monoisotopic (exact) mass is 397 g/mol. The van der Waals surface area contributed by atoms with Crippen LogP contribution in [0.4, 0.5) is 0 Å². The Morgan fingerprint density at radius 2 is 1.33 bits per heavy atom. The van der Waals surface area contributed by atoms with Crippen LogP contribution < -0.4 is 14.9 Å². The first-order chi connectivity index (χ1) is 14.6. The lowest BCUT2D eigenvalue weighted by Gasteiger charge is -2.22. The molecule has 1 aromatic heterocycles. The average molecular weight is 397 g/mol. The van der Waals surface area contributed by atoms with Gasteiger partial charge in [-0.15, -0.1) is 0 Å². The normalized spacial score (nSPS) is 10.6. The topological polar surface area (TPSA) is 40.5 Å². The van der Waals surface area contributed by atoms with Crippen molar-refractivity contribution in [3.8, 4) is 39.7 Å². The number of ether oxygens (including phenoxy) is 2. The van der Waals surface area contributed by atoms with E-state index in [1.165, 1.54) is 0 Å². The maximum atomic E-state index is 13.0. The number of rotatable bonds is 5. The van der Waals surface area contributed by atoms with Crippen molar-refractivity contribution in [1.29, 1.82) is 0 Å². The zero-order chi connectivity index (χ0) is 21.1. The highest BCUT2D eigenvalue weighted by Crippen LogP contribution is 2.33. The van der Waals surface area contributed by atoms with Crippen molar-refractivity contribution in [2.75, 3.05) is 14.2 Å². The standard InChI is InChI=1S/C26H23NO3/c1-18-25(28)17-24(19-9-5-4-6-10-19)27(21-12-8-14-23(16-21)30-3)26(18)20-11-7-13-22(15-20)29-2/h4-17H,1-3H3. The van der Waals surface area contributed by atoms with Gasteiger partial charge in [-0.2, -0.15) is 0 Å². The van der Waals surface area contributed by atoms with E-state index in [0.717, 1.165) is 39.7 Å². The summed E-state index contributed by atoms with van der Waals surface area (Å²) in [6.07, 6.45) is 0. The summed E-state index contributed by atoms with van der Waals surface area (Å²) in [6, 6.07) is 27.3. The zero-order valence-electron chi connectivity index (χ0n) is 17.3. The van der Waals surface area contributed by atoms with E-state index in [-0.39, 0.29) is 5.43 Å². The number of methoxy groups -OCH3 is 2. The molecule has 150 valence electrons. The summed E-state index contributed by atoms with van der Waals surface area (Å²) < 4.78 is 13.0. The summed E-state index contributed by atoms with van der Waals surface area (Å²) >= 11 is 0. The van der Waals surface area contributed by atoms with Gasteiger partial charge in [-0.1, -0.05) is 48.5 Å². The van der Waals surface area contributed by atoms with Gasteiger partial charge in [0.1, 0.15) is 11.5 Å². The summed E-state index contributed by atoms with van der Waals surface area (Å²) in [5.74, 6) is 1.49. The summed E-state index contributed by atoms with van der Waals surface area (Å²) in [5, 5.41) is 0. The van der Waals surface area contributed by atoms with Gasteiger partial charge in [0.2, 0.25) is 0 Å². The van der Waals surface area contributed by atoms with Crippen LogP contribution in [0, 0.1) is 6.92 Å². The molecular formula is C26H23NO3. The van der Waals surface area contributed by atoms with Crippen molar-refractivity contribution in [2.24, 2.45) is 0 Å². The highest BCUT2D eigenvalue weighted by Gasteiger charge is 2.18. The van der Waals surface area contributed by atoms with Crippen LogP contribution in [0.15, 0.2) is 89.7 Å². The minimum atomic E-state index is -0.00850. The zero-order valence-corrected chi connectivity index (χ0v) is 17.3. The smallest absolute Gasteiger partial charge is 0.185 e. The van der Waals surface area contributed by atoms with Gasteiger partial charge in [0.15, 0.2) is 5.43 Å². The summed E-state index contributed by atoms with van der Waals surface area (Å²) in [6.45, 7) is 1.86. The van der Waals surface area contributed by atoms with Crippen LogP contribution in [0.1, 0.15) is 5.56 Å². The fourth-order valence-electron chi connectivity index (χ4n) is 3.66. The van der Waals surface area contributed by atoms with Crippen molar-refractivity contribution >= 4 is 0 Å². The predicted octanol–water partition coefficient (Wildman–Crippen LogP) is 5.50. The molecule has 0 spiro atoms. The van der Waals surface area contributed by atoms with Crippen LogP contribution in [0.2, 0.25) is 0 Å². The Labute approximate surface area is 176 Å². The largest absolute Gasteiger partial charge is 0.497 e. The summed E-state index contributed by atoms with van der Waals surface area (Å²) in [4.78, 5) is 13.0. The molecule has 0 saturated carbocycles. The highest BCUT2D eigenvalue weighted by molar-refractivity contribution is 5.74. The molecule has 4 rings (SSSR count). The summed E-state index contributed by atoms with van der Waals surface area (Å²) in [5.41, 5.74) is 5.09. The van der Waals surface area contributed by atoms with Crippen molar-refractivity contribution in [3.05, 3.63) is 101 Å². The Morgan fingerprint density at radius 1 is 0.700 bits per heavy atom. The molecule has 0 radical (unpaired) electrons. The van der Waals surface area contributed by atoms with Crippen molar-refractivity contribution in [2.45, 2.75) is 6.92 Å². The first kappa shape index (κ1) is 19.5. The first-order valence-electron chi connectivity index (χ1n) is 9.73. The molecule has 0 aliphatic heterocycles. The van der Waals surface area contributed by atoms with Gasteiger partial charge in [-0.05, 0) is 36.8 Å². The Hall–Kier alpha value is -3.79. The molecule has 0 fully saturated rings. The molecule has 0 N–H and O–H groups in total.